The van der Waals surface area contributed by atoms with E-state index < -0.39 is 0 Å². The zero-order valence-corrected chi connectivity index (χ0v) is 19.7. The van der Waals surface area contributed by atoms with E-state index in [-0.39, 0.29) is 5.41 Å². The van der Waals surface area contributed by atoms with Crippen molar-refractivity contribution >= 4 is 17.1 Å². The number of aryl methyl sites for hydroxylation is 1. The van der Waals surface area contributed by atoms with Crippen LogP contribution in [0.25, 0.3) is 5.70 Å². The van der Waals surface area contributed by atoms with Crippen molar-refractivity contribution in [3.63, 3.8) is 0 Å². The molecule has 0 aromatic heterocycles. The Kier molecular flexibility index (Phi) is 8.32. The van der Waals surface area contributed by atoms with Crippen molar-refractivity contribution in [3.05, 3.63) is 103 Å². The van der Waals surface area contributed by atoms with Crippen LogP contribution in [0.4, 0.5) is 11.4 Å². The Hall–Kier alpha value is -3.20. The molecule has 3 N–H and O–H groups in total. The zero-order valence-electron chi connectivity index (χ0n) is 19.7. The van der Waals surface area contributed by atoms with E-state index in [9.17, 15) is 0 Å². The topological polar surface area (TPSA) is 36.1 Å². The highest BCUT2D eigenvalue weighted by molar-refractivity contribution is 5.76. The van der Waals surface area contributed by atoms with Crippen molar-refractivity contribution in [1.82, 2.24) is 5.32 Å². The largest absolute Gasteiger partial charge is 0.356 e. The Morgan fingerprint density at radius 2 is 1.39 bits per heavy atom. The van der Waals surface area contributed by atoms with E-state index >= 15 is 0 Å². The third-order valence-electron chi connectivity index (χ3n) is 5.19. The number of anilines is 2. The fourth-order valence-electron chi connectivity index (χ4n) is 3.32. The molecule has 0 aliphatic carbocycles. The number of hydrogen-bond acceptors (Lipinski definition) is 3. The number of hydrogen-bond donors (Lipinski definition) is 3. The van der Waals surface area contributed by atoms with Crippen LogP contribution in [-0.4, -0.2) is 0 Å². The first-order chi connectivity index (χ1) is 14.6. The van der Waals surface area contributed by atoms with Crippen molar-refractivity contribution in [2.75, 3.05) is 10.6 Å². The second kappa shape index (κ2) is 10.7. The summed E-state index contributed by atoms with van der Waals surface area (Å²) in [5.41, 5.74) is 7.52. The molecule has 31 heavy (non-hydrogen) atoms. The van der Waals surface area contributed by atoms with Gasteiger partial charge in [0.15, 0.2) is 0 Å². The first-order valence-electron chi connectivity index (χ1n) is 10.9. The van der Waals surface area contributed by atoms with Gasteiger partial charge in [-0.15, -0.1) is 0 Å². The van der Waals surface area contributed by atoms with Gasteiger partial charge in [-0.1, -0.05) is 84.2 Å². The second-order valence-corrected chi connectivity index (χ2v) is 8.76. The molecule has 164 valence electrons. The Morgan fingerprint density at radius 3 is 1.87 bits per heavy atom. The summed E-state index contributed by atoms with van der Waals surface area (Å²) in [4.78, 5) is 0. The van der Waals surface area contributed by atoms with Crippen LogP contribution in [0.3, 0.4) is 0 Å². The van der Waals surface area contributed by atoms with E-state index in [1.54, 1.807) is 0 Å². The van der Waals surface area contributed by atoms with Crippen molar-refractivity contribution < 1.29 is 0 Å². The van der Waals surface area contributed by atoms with Crippen LogP contribution < -0.4 is 16.0 Å². The molecule has 0 aliphatic heterocycles. The highest BCUT2D eigenvalue weighted by Crippen LogP contribution is 2.28. The molecule has 0 saturated heterocycles. The fourth-order valence-corrected chi connectivity index (χ4v) is 3.32. The van der Waals surface area contributed by atoms with Crippen molar-refractivity contribution in [3.8, 4) is 0 Å². The molecule has 2 aromatic rings. The molecule has 2 aromatic carbocycles. The molecular formula is C28H37N3. The van der Waals surface area contributed by atoms with Crippen molar-refractivity contribution in [2.24, 2.45) is 5.41 Å². The van der Waals surface area contributed by atoms with Gasteiger partial charge in [0.1, 0.15) is 5.82 Å². The molecule has 0 spiro atoms. The minimum absolute atomic E-state index is 0.124. The summed E-state index contributed by atoms with van der Waals surface area (Å²) in [7, 11) is 0. The summed E-state index contributed by atoms with van der Waals surface area (Å²) >= 11 is 0. The number of benzene rings is 2. The SMILES string of the molecule is C=C(/C=C(\CC)C(C)(C)C)NC(=C)Nc1ccc(NC(=C)c2ccc(CC)cc2)cc1. The number of rotatable bonds is 10. The van der Waals surface area contributed by atoms with Gasteiger partial charge < -0.3 is 16.0 Å². The lowest BCUT2D eigenvalue weighted by Crippen LogP contribution is -2.18. The predicted octanol–water partition coefficient (Wildman–Crippen LogP) is 7.70. The Morgan fingerprint density at radius 1 is 0.839 bits per heavy atom. The average Bonchev–Trinajstić information content (AvgIpc) is 2.72. The van der Waals surface area contributed by atoms with Gasteiger partial charge in [0, 0.05) is 22.8 Å². The molecular weight excluding hydrogens is 378 g/mol. The van der Waals surface area contributed by atoms with Gasteiger partial charge in [-0.25, -0.2) is 0 Å². The maximum absolute atomic E-state index is 4.16. The van der Waals surface area contributed by atoms with Crippen LogP contribution in [0.1, 0.15) is 52.2 Å². The number of allylic oxidation sites excluding steroid dienone is 2. The monoisotopic (exact) mass is 415 g/mol. The van der Waals surface area contributed by atoms with Crippen LogP contribution in [0, 0.1) is 5.41 Å². The highest BCUT2D eigenvalue weighted by Gasteiger charge is 2.15. The first kappa shape index (κ1) is 24.1. The molecule has 0 aliphatic rings. The van der Waals surface area contributed by atoms with Gasteiger partial charge in [0.2, 0.25) is 0 Å². The Balaban J connectivity index is 1.92. The molecule has 0 fully saturated rings. The van der Waals surface area contributed by atoms with Crippen LogP contribution >= 0.6 is 0 Å². The van der Waals surface area contributed by atoms with Gasteiger partial charge in [-0.3, -0.25) is 0 Å². The third kappa shape index (κ3) is 7.53. The van der Waals surface area contributed by atoms with Gasteiger partial charge in [0.25, 0.3) is 0 Å². The fraction of sp³-hybridized carbons (Fsp3) is 0.286. The van der Waals surface area contributed by atoms with E-state index in [0.717, 1.165) is 41.2 Å². The second-order valence-electron chi connectivity index (χ2n) is 8.76. The summed E-state index contributed by atoms with van der Waals surface area (Å²) < 4.78 is 0. The summed E-state index contributed by atoms with van der Waals surface area (Å²) in [6.45, 7) is 23.3. The summed E-state index contributed by atoms with van der Waals surface area (Å²) in [5, 5.41) is 9.89. The standard InChI is InChI=1S/C28H37N3/c1-9-23-11-13-24(14-12-23)21(4)30-26-15-17-27(18-16-26)31-22(5)29-20(3)19-25(10-2)28(6,7)8/h11-19,29-31H,3-5,9-10H2,1-2,6-8H3/b25-19+. The maximum Gasteiger partial charge on any atom is 0.100 e. The highest BCUT2D eigenvalue weighted by atomic mass is 15.1. The normalized spacial score (nSPS) is 11.6. The molecule has 0 saturated carbocycles. The molecule has 0 bridgehead atoms. The van der Waals surface area contributed by atoms with E-state index in [4.69, 9.17) is 0 Å². The molecule has 2 rings (SSSR count). The molecule has 3 nitrogen and oxygen atoms in total. The molecule has 0 radical (unpaired) electrons. The Bertz CT molecular complexity index is 939. The van der Waals surface area contributed by atoms with Crippen molar-refractivity contribution in [2.45, 2.75) is 47.5 Å². The summed E-state index contributed by atoms with van der Waals surface area (Å²) in [6, 6.07) is 16.5. The molecule has 0 unspecified atom stereocenters. The zero-order chi connectivity index (χ0) is 23.0. The number of nitrogens with one attached hydrogen (secondary N) is 3. The first-order valence-corrected chi connectivity index (χ1v) is 10.9. The minimum Gasteiger partial charge on any atom is -0.356 e. The van der Waals surface area contributed by atoms with Crippen molar-refractivity contribution in [1.29, 1.82) is 0 Å². The minimum atomic E-state index is 0.124. The van der Waals surface area contributed by atoms with Crippen LogP contribution in [0.15, 0.2) is 91.4 Å². The lowest BCUT2D eigenvalue weighted by molar-refractivity contribution is 0.487. The maximum atomic E-state index is 4.16. The van der Waals surface area contributed by atoms with Gasteiger partial charge >= 0.3 is 0 Å². The lowest BCUT2D eigenvalue weighted by Gasteiger charge is -2.23. The summed E-state index contributed by atoms with van der Waals surface area (Å²) in [6.07, 6.45) is 4.14. The van der Waals surface area contributed by atoms with Gasteiger partial charge in [-0.2, -0.15) is 0 Å². The van der Waals surface area contributed by atoms with Crippen LogP contribution in [0.2, 0.25) is 0 Å². The molecule has 0 heterocycles. The van der Waals surface area contributed by atoms with Crippen LogP contribution in [0.5, 0.6) is 0 Å². The summed E-state index contributed by atoms with van der Waals surface area (Å²) in [5.74, 6) is 0.687. The van der Waals surface area contributed by atoms with E-state index in [2.05, 4.69) is 101 Å². The van der Waals surface area contributed by atoms with E-state index in [1.165, 1.54) is 11.1 Å². The van der Waals surface area contributed by atoms with Gasteiger partial charge in [0.05, 0.1) is 0 Å². The quantitative estimate of drug-likeness (QED) is 0.348. The lowest BCUT2D eigenvalue weighted by atomic mass is 9.84. The molecule has 0 atom stereocenters. The smallest absolute Gasteiger partial charge is 0.100 e. The predicted molar refractivity (Wildman–Crippen MR) is 138 cm³/mol. The van der Waals surface area contributed by atoms with E-state index in [0.29, 0.717) is 5.82 Å². The Labute approximate surface area is 188 Å². The van der Waals surface area contributed by atoms with Crippen LogP contribution in [-0.2, 0) is 6.42 Å². The average molecular weight is 416 g/mol. The van der Waals surface area contributed by atoms with Gasteiger partial charge in [-0.05, 0) is 59.7 Å². The molecule has 0 amide bonds. The third-order valence-corrected chi connectivity index (χ3v) is 5.19. The molecule has 3 heteroatoms. The van der Waals surface area contributed by atoms with E-state index in [1.807, 2.05) is 24.3 Å².